The smallest absolute Gasteiger partial charge is 0.243 e. The molecule has 0 bridgehead atoms. The number of nitrogens with one attached hydrogen (secondary N) is 2. The fourth-order valence-electron chi connectivity index (χ4n) is 2.61. The van der Waals surface area contributed by atoms with Crippen LogP contribution in [0.2, 0.25) is 0 Å². The number of sulfonamides is 1. The number of hydrogen-bond acceptors (Lipinski definition) is 4. The van der Waals surface area contributed by atoms with E-state index in [4.69, 9.17) is 0 Å². The number of quaternary nitrogens is 1. The quantitative estimate of drug-likeness (QED) is 0.670. The number of rotatable bonds is 5. The van der Waals surface area contributed by atoms with E-state index in [1.807, 2.05) is 0 Å². The predicted octanol–water partition coefficient (Wildman–Crippen LogP) is -1.38. The minimum absolute atomic E-state index is 0.0831. The molecular formula is C16H25N4O4S+. The molecule has 1 saturated heterocycles. The Hall–Kier alpha value is -1.97. The zero-order valence-corrected chi connectivity index (χ0v) is 15.6. The Morgan fingerprint density at radius 2 is 1.76 bits per heavy atom. The highest BCUT2D eigenvalue weighted by Crippen LogP contribution is 2.17. The summed E-state index contributed by atoms with van der Waals surface area (Å²) in [5.74, 6) is -0.416. The number of piperazine rings is 1. The summed E-state index contributed by atoms with van der Waals surface area (Å²) in [6, 6.07) is 5.88. The van der Waals surface area contributed by atoms with E-state index in [1.165, 1.54) is 43.1 Å². The van der Waals surface area contributed by atoms with Crippen molar-refractivity contribution in [2.75, 3.05) is 52.1 Å². The lowest BCUT2D eigenvalue weighted by molar-refractivity contribution is -0.883. The largest absolute Gasteiger partial charge is 0.334 e. The zero-order valence-electron chi connectivity index (χ0n) is 14.8. The molecule has 0 aliphatic carbocycles. The molecule has 0 spiro atoms. The molecule has 1 heterocycles. The van der Waals surface area contributed by atoms with Crippen LogP contribution < -0.4 is 10.2 Å². The van der Waals surface area contributed by atoms with Crippen molar-refractivity contribution in [3.63, 3.8) is 0 Å². The third-order valence-electron chi connectivity index (χ3n) is 4.21. The van der Waals surface area contributed by atoms with E-state index >= 15 is 0 Å². The summed E-state index contributed by atoms with van der Waals surface area (Å²) in [4.78, 5) is 26.5. The van der Waals surface area contributed by atoms with Gasteiger partial charge < -0.3 is 15.1 Å². The standard InChI is InChI=1S/C16H24N4O4S/c1-13(21)17-14-4-6-15(7-5-14)25(23,24)19(3)12-16(22)20-10-8-18(2)9-11-20/h4-7H,8-12H2,1-3H3,(H,17,21)/p+1. The van der Waals surface area contributed by atoms with E-state index in [9.17, 15) is 18.0 Å². The maximum atomic E-state index is 12.6. The molecule has 0 unspecified atom stereocenters. The average molecular weight is 369 g/mol. The summed E-state index contributed by atoms with van der Waals surface area (Å²) in [5, 5.41) is 2.58. The molecule has 2 amide bonds. The van der Waals surface area contributed by atoms with Crippen molar-refractivity contribution >= 4 is 27.5 Å². The van der Waals surface area contributed by atoms with Crippen molar-refractivity contribution in [1.29, 1.82) is 0 Å². The minimum Gasteiger partial charge on any atom is -0.334 e. The van der Waals surface area contributed by atoms with Gasteiger partial charge >= 0.3 is 0 Å². The number of benzene rings is 1. The van der Waals surface area contributed by atoms with Gasteiger partial charge in [-0.25, -0.2) is 8.42 Å². The van der Waals surface area contributed by atoms with Crippen LogP contribution in [0.4, 0.5) is 5.69 Å². The summed E-state index contributed by atoms with van der Waals surface area (Å²) in [7, 11) is -0.289. The first-order valence-corrected chi connectivity index (χ1v) is 9.57. The van der Waals surface area contributed by atoms with Crippen LogP contribution in [0.5, 0.6) is 0 Å². The van der Waals surface area contributed by atoms with E-state index in [-0.39, 0.29) is 23.3 Å². The molecule has 0 radical (unpaired) electrons. The Morgan fingerprint density at radius 1 is 1.20 bits per heavy atom. The molecule has 0 aromatic heterocycles. The SMILES string of the molecule is CC(=O)Nc1ccc(S(=O)(=O)N(C)CC(=O)N2CC[NH+](C)CC2)cc1. The molecule has 2 N–H and O–H groups in total. The third kappa shape index (κ3) is 5.00. The lowest BCUT2D eigenvalue weighted by atomic mass is 10.3. The summed E-state index contributed by atoms with van der Waals surface area (Å²) in [5.41, 5.74) is 0.519. The van der Waals surface area contributed by atoms with Gasteiger partial charge in [-0.15, -0.1) is 0 Å². The van der Waals surface area contributed by atoms with Crippen LogP contribution in [0.1, 0.15) is 6.92 Å². The number of anilines is 1. The normalized spacial score (nSPS) is 16.1. The molecular weight excluding hydrogens is 344 g/mol. The third-order valence-corrected chi connectivity index (χ3v) is 6.03. The monoisotopic (exact) mass is 369 g/mol. The summed E-state index contributed by atoms with van der Waals surface area (Å²) < 4.78 is 26.3. The molecule has 138 valence electrons. The van der Waals surface area contributed by atoms with E-state index < -0.39 is 10.0 Å². The molecule has 0 saturated carbocycles. The van der Waals surface area contributed by atoms with Crippen molar-refractivity contribution in [2.24, 2.45) is 0 Å². The number of hydrogen-bond donors (Lipinski definition) is 2. The maximum absolute atomic E-state index is 12.6. The molecule has 0 atom stereocenters. The topological polar surface area (TPSA) is 91.2 Å². The molecule has 25 heavy (non-hydrogen) atoms. The first-order chi connectivity index (χ1) is 11.7. The van der Waals surface area contributed by atoms with Crippen LogP contribution in [-0.2, 0) is 19.6 Å². The predicted molar refractivity (Wildman–Crippen MR) is 93.8 cm³/mol. The molecule has 1 aromatic carbocycles. The molecule has 2 rings (SSSR count). The van der Waals surface area contributed by atoms with Crippen LogP contribution in [-0.4, -0.2) is 76.3 Å². The van der Waals surface area contributed by atoms with Gasteiger partial charge in [0.1, 0.15) is 0 Å². The second-order valence-corrected chi connectivity index (χ2v) is 8.35. The van der Waals surface area contributed by atoms with Gasteiger partial charge in [-0.1, -0.05) is 0 Å². The first kappa shape index (κ1) is 19.4. The van der Waals surface area contributed by atoms with Crippen molar-refractivity contribution < 1.29 is 22.9 Å². The van der Waals surface area contributed by atoms with Crippen LogP contribution in [0, 0.1) is 0 Å². The van der Waals surface area contributed by atoms with Gasteiger partial charge in [-0.2, -0.15) is 4.31 Å². The fourth-order valence-corrected chi connectivity index (χ4v) is 3.73. The van der Waals surface area contributed by atoms with Gasteiger partial charge in [0, 0.05) is 19.7 Å². The van der Waals surface area contributed by atoms with Crippen molar-refractivity contribution in [2.45, 2.75) is 11.8 Å². The summed E-state index contributed by atoms with van der Waals surface area (Å²) >= 11 is 0. The van der Waals surface area contributed by atoms with E-state index in [0.29, 0.717) is 18.8 Å². The van der Waals surface area contributed by atoms with Crippen LogP contribution in [0.15, 0.2) is 29.2 Å². The highest BCUT2D eigenvalue weighted by atomic mass is 32.2. The van der Waals surface area contributed by atoms with Crippen molar-refractivity contribution in [1.82, 2.24) is 9.21 Å². The average Bonchev–Trinajstić information content (AvgIpc) is 2.55. The number of likely N-dealkylation sites (N-methyl/N-ethyl adjacent to an activating group) is 2. The minimum atomic E-state index is -3.76. The van der Waals surface area contributed by atoms with Crippen LogP contribution in [0.25, 0.3) is 0 Å². The molecule has 1 aromatic rings. The molecule has 8 nitrogen and oxygen atoms in total. The molecule has 1 aliphatic rings. The van der Waals surface area contributed by atoms with E-state index in [2.05, 4.69) is 12.4 Å². The fraction of sp³-hybridized carbons (Fsp3) is 0.500. The summed E-state index contributed by atoms with van der Waals surface area (Å²) in [6.45, 7) is 4.21. The van der Waals surface area contributed by atoms with Crippen LogP contribution >= 0.6 is 0 Å². The Bertz CT molecular complexity index is 725. The number of carbonyl (C=O) groups is 2. The van der Waals surface area contributed by atoms with Gasteiger partial charge in [-0.3, -0.25) is 9.59 Å². The zero-order chi connectivity index (χ0) is 18.6. The first-order valence-electron chi connectivity index (χ1n) is 8.13. The number of amides is 2. The lowest BCUT2D eigenvalue weighted by Crippen LogP contribution is -3.12. The van der Waals surface area contributed by atoms with Gasteiger partial charge in [0.2, 0.25) is 21.8 Å². The highest BCUT2D eigenvalue weighted by molar-refractivity contribution is 7.89. The second-order valence-electron chi connectivity index (χ2n) is 6.30. The Balaban J connectivity index is 2.02. The molecule has 1 fully saturated rings. The molecule has 9 heteroatoms. The van der Waals surface area contributed by atoms with Crippen LogP contribution in [0.3, 0.4) is 0 Å². The van der Waals surface area contributed by atoms with E-state index in [0.717, 1.165) is 17.4 Å². The van der Waals surface area contributed by atoms with Gasteiger partial charge in [0.05, 0.1) is 44.7 Å². The van der Waals surface area contributed by atoms with Gasteiger partial charge in [-0.05, 0) is 24.3 Å². The van der Waals surface area contributed by atoms with Crippen molar-refractivity contribution in [3.8, 4) is 0 Å². The Labute approximate surface area is 148 Å². The summed E-state index contributed by atoms with van der Waals surface area (Å²) in [6.07, 6.45) is 0. The van der Waals surface area contributed by atoms with E-state index in [1.54, 1.807) is 4.90 Å². The second kappa shape index (κ2) is 7.94. The maximum Gasteiger partial charge on any atom is 0.243 e. The lowest BCUT2D eigenvalue weighted by Gasteiger charge is -2.31. The Kier molecular flexibility index (Phi) is 6.15. The van der Waals surface area contributed by atoms with Gasteiger partial charge in [0.15, 0.2) is 0 Å². The van der Waals surface area contributed by atoms with Crippen molar-refractivity contribution in [3.05, 3.63) is 24.3 Å². The highest BCUT2D eigenvalue weighted by Gasteiger charge is 2.27. The van der Waals surface area contributed by atoms with Gasteiger partial charge in [0.25, 0.3) is 0 Å². The Morgan fingerprint density at radius 3 is 2.28 bits per heavy atom. The molecule has 1 aliphatic heterocycles. The number of carbonyl (C=O) groups excluding carboxylic acids is 2. The number of nitrogens with zero attached hydrogens (tertiary/aromatic N) is 2.